The molecule has 1 unspecified atom stereocenters. The molecule has 0 aliphatic heterocycles. The Balaban J connectivity index is 2.69. The van der Waals surface area contributed by atoms with E-state index < -0.39 is 6.10 Å². The number of amides is 1. The van der Waals surface area contributed by atoms with Crippen molar-refractivity contribution in [3.63, 3.8) is 0 Å². The number of carbonyl (C=O) groups is 1. The lowest BCUT2D eigenvalue weighted by molar-refractivity contribution is -0.127. The van der Waals surface area contributed by atoms with E-state index in [2.05, 4.69) is 5.32 Å². The second kappa shape index (κ2) is 6.96. The number of carbonyl (C=O) groups excluding carboxylic acids is 1. The van der Waals surface area contributed by atoms with Crippen LogP contribution < -0.4 is 15.8 Å². The average Bonchev–Trinajstić information content (AvgIpc) is 2.37. The van der Waals surface area contributed by atoms with E-state index in [1.807, 2.05) is 6.92 Å². The molecule has 1 rings (SSSR count). The Labute approximate surface area is 106 Å². The van der Waals surface area contributed by atoms with Crippen molar-refractivity contribution >= 4 is 5.91 Å². The Morgan fingerprint density at radius 1 is 1.56 bits per heavy atom. The number of rotatable bonds is 6. The van der Waals surface area contributed by atoms with Crippen molar-refractivity contribution < 1.29 is 13.9 Å². The number of ether oxygens (including phenoxy) is 1. The molecule has 3 N–H and O–H groups in total. The summed E-state index contributed by atoms with van der Waals surface area (Å²) in [6.45, 7) is 4.39. The van der Waals surface area contributed by atoms with Crippen LogP contribution in [0.3, 0.4) is 0 Å². The molecule has 0 aliphatic rings. The van der Waals surface area contributed by atoms with Gasteiger partial charge in [-0.3, -0.25) is 4.79 Å². The first-order valence-corrected chi connectivity index (χ1v) is 6.01. The van der Waals surface area contributed by atoms with Crippen LogP contribution in [0.1, 0.15) is 25.8 Å². The minimum atomic E-state index is -0.632. The van der Waals surface area contributed by atoms with Gasteiger partial charge < -0.3 is 15.8 Å². The first-order valence-electron chi connectivity index (χ1n) is 6.01. The molecule has 0 fully saturated rings. The summed E-state index contributed by atoms with van der Waals surface area (Å²) >= 11 is 0. The fourth-order valence-electron chi connectivity index (χ4n) is 1.46. The van der Waals surface area contributed by atoms with Gasteiger partial charge in [-0.25, -0.2) is 4.39 Å². The largest absolute Gasteiger partial charge is 0.481 e. The Bertz CT molecular complexity index is 410. The van der Waals surface area contributed by atoms with Crippen LogP contribution in [0, 0.1) is 5.82 Å². The monoisotopic (exact) mass is 254 g/mol. The lowest BCUT2D eigenvalue weighted by atomic mass is 10.2. The highest BCUT2D eigenvalue weighted by Gasteiger charge is 2.15. The second-order valence-electron chi connectivity index (χ2n) is 4.01. The van der Waals surface area contributed by atoms with Gasteiger partial charge in [-0.15, -0.1) is 0 Å². The molecule has 18 heavy (non-hydrogen) atoms. The Hall–Kier alpha value is -1.62. The predicted octanol–water partition coefficient (Wildman–Crippen LogP) is 1.58. The third kappa shape index (κ3) is 4.00. The van der Waals surface area contributed by atoms with E-state index in [9.17, 15) is 9.18 Å². The van der Waals surface area contributed by atoms with Crippen molar-refractivity contribution in [3.8, 4) is 5.75 Å². The first-order chi connectivity index (χ1) is 8.58. The van der Waals surface area contributed by atoms with Gasteiger partial charge in [0.1, 0.15) is 11.6 Å². The number of hydrogen-bond donors (Lipinski definition) is 2. The molecule has 100 valence electrons. The fraction of sp³-hybridized carbons (Fsp3) is 0.462. The molecule has 0 aromatic heterocycles. The van der Waals surface area contributed by atoms with Crippen LogP contribution in [0.5, 0.6) is 5.75 Å². The van der Waals surface area contributed by atoms with E-state index in [1.54, 1.807) is 6.92 Å². The van der Waals surface area contributed by atoms with Gasteiger partial charge in [0.05, 0.1) is 0 Å². The molecule has 5 heteroatoms. The van der Waals surface area contributed by atoms with E-state index in [1.165, 1.54) is 18.2 Å². The van der Waals surface area contributed by atoms with Crippen LogP contribution in [-0.4, -0.2) is 18.6 Å². The molecule has 1 amide bonds. The minimum Gasteiger partial charge on any atom is -0.481 e. The molecule has 0 saturated carbocycles. The van der Waals surface area contributed by atoms with Crippen LogP contribution in [0.2, 0.25) is 0 Å². The molecule has 0 radical (unpaired) electrons. The standard InChI is InChI=1S/C13H19FN2O2/c1-3-6-16-13(17)9(2)18-12-5-4-11(14)7-10(12)8-15/h4-5,7,9H,3,6,8,15H2,1-2H3,(H,16,17). The van der Waals surface area contributed by atoms with E-state index in [4.69, 9.17) is 10.5 Å². The molecule has 0 bridgehead atoms. The Kier molecular flexibility index (Phi) is 5.58. The van der Waals surface area contributed by atoms with Gasteiger partial charge in [0.25, 0.3) is 5.91 Å². The summed E-state index contributed by atoms with van der Waals surface area (Å²) in [6, 6.07) is 4.08. The number of nitrogens with two attached hydrogens (primary N) is 1. The van der Waals surface area contributed by atoms with Crippen LogP contribution in [0.15, 0.2) is 18.2 Å². The van der Waals surface area contributed by atoms with E-state index >= 15 is 0 Å². The number of halogens is 1. The summed E-state index contributed by atoms with van der Waals surface area (Å²) in [5.74, 6) is -0.118. The van der Waals surface area contributed by atoms with Gasteiger partial charge in [0, 0.05) is 18.7 Å². The van der Waals surface area contributed by atoms with Gasteiger partial charge in [-0.05, 0) is 31.5 Å². The van der Waals surface area contributed by atoms with Crippen molar-refractivity contribution in [3.05, 3.63) is 29.6 Å². The molecule has 0 aliphatic carbocycles. The fourth-order valence-corrected chi connectivity index (χ4v) is 1.46. The molecule has 0 heterocycles. The lowest BCUT2D eigenvalue weighted by Gasteiger charge is -2.16. The first kappa shape index (κ1) is 14.4. The normalized spacial score (nSPS) is 12.0. The quantitative estimate of drug-likeness (QED) is 0.810. The third-order valence-corrected chi connectivity index (χ3v) is 2.46. The van der Waals surface area contributed by atoms with Gasteiger partial charge in [0.15, 0.2) is 6.10 Å². The Morgan fingerprint density at radius 2 is 2.28 bits per heavy atom. The third-order valence-electron chi connectivity index (χ3n) is 2.46. The number of hydrogen-bond acceptors (Lipinski definition) is 3. The number of benzene rings is 1. The zero-order chi connectivity index (χ0) is 13.5. The maximum atomic E-state index is 13.0. The number of nitrogens with one attached hydrogen (secondary N) is 1. The van der Waals surface area contributed by atoms with Gasteiger partial charge in [-0.1, -0.05) is 6.92 Å². The summed E-state index contributed by atoms with van der Waals surface area (Å²) in [5.41, 5.74) is 6.05. The molecular formula is C13H19FN2O2. The minimum absolute atomic E-state index is 0.163. The van der Waals surface area contributed by atoms with Crippen LogP contribution in [0.4, 0.5) is 4.39 Å². The van der Waals surface area contributed by atoms with Gasteiger partial charge >= 0.3 is 0 Å². The lowest BCUT2D eigenvalue weighted by Crippen LogP contribution is -2.36. The van der Waals surface area contributed by atoms with Crippen LogP contribution in [-0.2, 0) is 11.3 Å². The second-order valence-corrected chi connectivity index (χ2v) is 4.01. The zero-order valence-corrected chi connectivity index (χ0v) is 10.7. The zero-order valence-electron chi connectivity index (χ0n) is 10.7. The highest BCUT2D eigenvalue weighted by molar-refractivity contribution is 5.80. The maximum absolute atomic E-state index is 13.0. The topological polar surface area (TPSA) is 64.3 Å². The van der Waals surface area contributed by atoms with Crippen molar-refractivity contribution in [2.45, 2.75) is 32.9 Å². The van der Waals surface area contributed by atoms with Gasteiger partial charge in [-0.2, -0.15) is 0 Å². The van der Waals surface area contributed by atoms with Crippen molar-refractivity contribution in [2.24, 2.45) is 5.73 Å². The molecule has 4 nitrogen and oxygen atoms in total. The molecule has 0 spiro atoms. The summed E-state index contributed by atoms with van der Waals surface area (Å²) in [5, 5.41) is 2.73. The average molecular weight is 254 g/mol. The molecule has 0 saturated heterocycles. The van der Waals surface area contributed by atoms with E-state index in [-0.39, 0.29) is 18.3 Å². The maximum Gasteiger partial charge on any atom is 0.260 e. The SMILES string of the molecule is CCCNC(=O)C(C)Oc1ccc(F)cc1CN. The molecule has 1 aromatic rings. The van der Waals surface area contributed by atoms with E-state index in [0.29, 0.717) is 17.9 Å². The smallest absolute Gasteiger partial charge is 0.260 e. The van der Waals surface area contributed by atoms with Crippen molar-refractivity contribution in [2.75, 3.05) is 6.54 Å². The summed E-state index contributed by atoms with van der Waals surface area (Å²) in [4.78, 5) is 11.6. The highest BCUT2D eigenvalue weighted by atomic mass is 19.1. The molecular weight excluding hydrogens is 235 g/mol. The Morgan fingerprint density at radius 3 is 2.89 bits per heavy atom. The summed E-state index contributed by atoms with van der Waals surface area (Å²) < 4.78 is 18.5. The molecule has 1 aromatic carbocycles. The van der Waals surface area contributed by atoms with Crippen LogP contribution >= 0.6 is 0 Å². The predicted molar refractivity (Wildman–Crippen MR) is 67.7 cm³/mol. The van der Waals surface area contributed by atoms with Gasteiger partial charge in [0.2, 0.25) is 0 Å². The summed E-state index contributed by atoms with van der Waals surface area (Å²) in [7, 11) is 0. The van der Waals surface area contributed by atoms with Crippen molar-refractivity contribution in [1.82, 2.24) is 5.32 Å². The highest BCUT2D eigenvalue weighted by Crippen LogP contribution is 2.20. The van der Waals surface area contributed by atoms with Crippen LogP contribution in [0.25, 0.3) is 0 Å². The molecule has 1 atom stereocenters. The van der Waals surface area contributed by atoms with Crippen molar-refractivity contribution in [1.29, 1.82) is 0 Å². The summed E-state index contributed by atoms with van der Waals surface area (Å²) in [6.07, 6.45) is 0.232. The van der Waals surface area contributed by atoms with E-state index in [0.717, 1.165) is 6.42 Å².